The lowest BCUT2D eigenvalue weighted by atomic mass is 10.1. The number of amides is 2. The number of nitrogens with zero attached hydrogens (tertiary/aromatic N) is 1. The Morgan fingerprint density at radius 1 is 1.18 bits per heavy atom. The molecule has 0 unspecified atom stereocenters. The van der Waals surface area contributed by atoms with Crippen molar-refractivity contribution in [3.05, 3.63) is 65.7 Å². The molecule has 1 aliphatic rings. The first-order chi connectivity index (χ1) is 13.2. The number of hydrogen-bond acceptors (Lipinski definition) is 4. The predicted molar refractivity (Wildman–Crippen MR) is 93.1 cm³/mol. The summed E-state index contributed by atoms with van der Waals surface area (Å²) in [5.41, 5.74) is -0.0953. The molecule has 3 rings (SSSR count). The molecule has 0 aromatic heterocycles. The van der Waals surface area contributed by atoms with E-state index >= 15 is 0 Å². The van der Waals surface area contributed by atoms with Crippen LogP contribution in [0.1, 0.15) is 17.5 Å². The van der Waals surface area contributed by atoms with Gasteiger partial charge in [0.05, 0.1) is 5.56 Å². The van der Waals surface area contributed by atoms with Crippen LogP contribution < -0.4 is 10.2 Å². The third-order valence-corrected chi connectivity index (χ3v) is 4.27. The van der Waals surface area contributed by atoms with E-state index in [1.54, 1.807) is 30.3 Å². The monoisotopic (exact) mass is 394 g/mol. The molecule has 1 aliphatic heterocycles. The van der Waals surface area contributed by atoms with Crippen LogP contribution in [0.4, 0.5) is 23.7 Å². The lowest BCUT2D eigenvalue weighted by molar-refractivity contribution is -0.175. The zero-order chi connectivity index (χ0) is 20.4. The minimum atomic E-state index is -4.50. The van der Waals surface area contributed by atoms with Gasteiger partial charge in [-0.1, -0.05) is 30.3 Å². The molecule has 1 fully saturated rings. The SMILES string of the molecule is O=C(NCc1cccc(C(F)(F)F)c1)O[C@@]1(O)CCN(c2ccccc2)C1=O. The average molecular weight is 394 g/mol. The van der Waals surface area contributed by atoms with Crippen LogP contribution in [0.5, 0.6) is 0 Å². The van der Waals surface area contributed by atoms with E-state index in [0.29, 0.717) is 5.69 Å². The lowest BCUT2D eigenvalue weighted by Gasteiger charge is -2.22. The van der Waals surface area contributed by atoms with Gasteiger partial charge in [0.15, 0.2) is 0 Å². The second-order valence-corrected chi connectivity index (χ2v) is 6.27. The molecule has 2 amide bonds. The van der Waals surface area contributed by atoms with E-state index < -0.39 is 29.5 Å². The molecule has 6 nitrogen and oxygen atoms in total. The maximum atomic E-state index is 12.7. The van der Waals surface area contributed by atoms with Crippen LogP contribution in [0.15, 0.2) is 54.6 Å². The number of alkyl halides is 3. The summed E-state index contributed by atoms with van der Waals surface area (Å²) in [6.07, 6.45) is -5.73. The number of halogens is 3. The summed E-state index contributed by atoms with van der Waals surface area (Å²) in [5.74, 6) is -3.11. The Balaban J connectivity index is 1.60. The van der Waals surface area contributed by atoms with Crippen LogP contribution in [-0.2, 0) is 22.3 Å². The summed E-state index contributed by atoms with van der Waals surface area (Å²) in [4.78, 5) is 25.7. The molecule has 1 heterocycles. The van der Waals surface area contributed by atoms with Crippen molar-refractivity contribution in [2.24, 2.45) is 0 Å². The molecule has 0 spiro atoms. The second kappa shape index (κ2) is 7.51. The van der Waals surface area contributed by atoms with Crippen LogP contribution in [-0.4, -0.2) is 29.4 Å². The minimum absolute atomic E-state index is 0.127. The van der Waals surface area contributed by atoms with Crippen LogP contribution in [0.25, 0.3) is 0 Å². The number of benzene rings is 2. The number of alkyl carbamates (subject to hydrolysis) is 1. The molecule has 2 aromatic carbocycles. The molecule has 1 atom stereocenters. The van der Waals surface area contributed by atoms with Gasteiger partial charge >= 0.3 is 12.3 Å². The molecular formula is C19H17F3N2O4. The Bertz CT molecular complexity index is 873. The summed E-state index contributed by atoms with van der Waals surface area (Å²) < 4.78 is 43.0. The number of nitrogens with one attached hydrogen (secondary N) is 1. The molecule has 0 radical (unpaired) electrons. The minimum Gasteiger partial charge on any atom is -0.407 e. The molecule has 1 saturated heterocycles. The number of carbonyl (C=O) groups excluding carboxylic acids is 2. The van der Waals surface area contributed by atoms with Crippen molar-refractivity contribution in [1.29, 1.82) is 0 Å². The van der Waals surface area contributed by atoms with Crippen molar-refractivity contribution in [2.45, 2.75) is 24.9 Å². The summed E-state index contributed by atoms with van der Waals surface area (Å²) in [6, 6.07) is 13.0. The molecule has 0 aliphatic carbocycles. The number of hydrogen-bond donors (Lipinski definition) is 2. The maximum Gasteiger partial charge on any atom is 0.416 e. The topological polar surface area (TPSA) is 78.9 Å². The fraction of sp³-hybridized carbons (Fsp3) is 0.263. The van der Waals surface area contributed by atoms with Crippen LogP contribution in [0.2, 0.25) is 0 Å². The highest BCUT2D eigenvalue weighted by atomic mass is 19.4. The zero-order valence-electron chi connectivity index (χ0n) is 14.6. The smallest absolute Gasteiger partial charge is 0.407 e. The van der Waals surface area contributed by atoms with Crippen LogP contribution in [0, 0.1) is 0 Å². The maximum absolute atomic E-state index is 12.7. The molecule has 2 aromatic rings. The number of rotatable bonds is 4. The van der Waals surface area contributed by atoms with Crippen molar-refractivity contribution in [3.63, 3.8) is 0 Å². The summed E-state index contributed by atoms with van der Waals surface area (Å²) in [5, 5.41) is 12.6. The zero-order valence-corrected chi connectivity index (χ0v) is 14.6. The van der Waals surface area contributed by atoms with Gasteiger partial charge in [0, 0.05) is 25.2 Å². The number of anilines is 1. The average Bonchev–Trinajstić information content (AvgIpc) is 2.95. The lowest BCUT2D eigenvalue weighted by Crippen LogP contribution is -2.46. The van der Waals surface area contributed by atoms with Crippen molar-refractivity contribution in [3.8, 4) is 0 Å². The Hall–Kier alpha value is -3.07. The Labute approximate surface area is 158 Å². The quantitative estimate of drug-likeness (QED) is 0.782. The Morgan fingerprint density at radius 2 is 1.89 bits per heavy atom. The molecule has 148 valence electrons. The van der Waals surface area contributed by atoms with E-state index in [0.717, 1.165) is 12.1 Å². The fourth-order valence-electron chi connectivity index (χ4n) is 2.85. The first-order valence-electron chi connectivity index (χ1n) is 8.41. The predicted octanol–water partition coefficient (Wildman–Crippen LogP) is 3.06. The highest BCUT2D eigenvalue weighted by molar-refractivity contribution is 6.01. The van der Waals surface area contributed by atoms with Gasteiger partial charge in [-0.25, -0.2) is 4.79 Å². The van der Waals surface area contributed by atoms with Gasteiger partial charge in [-0.05, 0) is 29.8 Å². The molecule has 28 heavy (non-hydrogen) atoms. The van der Waals surface area contributed by atoms with E-state index in [9.17, 15) is 27.9 Å². The van der Waals surface area contributed by atoms with Gasteiger partial charge in [0.25, 0.3) is 11.7 Å². The van der Waals surface area contributed by atoms with Gasteiger partial charge in [-0.2, -0.15) is 13.2 Å². The van der Waals surface area contributed by atoms with Crippen LogP contribution >= 0.6 is 0 Å². The van der Waals surface area contributed by atoms with Crippen molar-refractivity contribution in [2.75, 3.05) is 11.4 Å². The number of aliphatic hydroxyl groups is 1. The molecule has 9 heteroatoms. The van der Waals surface area contributed by atoms with E-state index in [4.69, 9.17) is 4.74 Å². The normalized spacial score (nSPS) is 19.6. The van der Waals surface area contributed by atoms with E-state index in [-0.39, 0.29) is 25.1 Å². The van der Waals surface area contributed by atoms with E-state index in [2.05, 4.69) is 5.32 Å². The summed E-state index contributed by atoms with van der Waals surface area (Å²) >= 11 is 0. The molecular weight excluding hydrogens is 377 g/mol. The van der Waals surface area contributed by atoms with Crippen molar-refractivity contribution >= 4 is 17.7 Å². The Kier molecular flexibility index (Phi) is 5.28. The van der Waals surface area contributed by atoms with Crippen molar-refractivity contribution in [1.82, 2.24) is 5.32 Å². The number of para-hydroxylation sites is 1. The molecule has 0 bridgehead atoms. The van der Waals surface area contributed by atoms with Gasteiger partial charge in [0.2, 0.25) is 0 Å². The van der Waals surface area contributed by atoms with E-state index in [1.165, 1.54) is 17.0 Å². The van der Waals surface area contributed by atoms with Crippen molar-refractivity contribution < 1.29 is 32.6 Å². The number of carbonyl (C=O) groups is 2. The van der Waals surface area contributed by atoms with Gasteiger partial charge in [-0.15, -0.1) is 0 Å². The summed E-state index contributed by atoms with van der Waals surface area (Å²) in [7, 11) is 0. The fourth-order valence-corrected chi connectivity index (χ4v) is 2.85. The number of ether oxygens (including phenoxy) is 1. The standard InChI is InChI=1S/C19H17F3N2O4/c20-19(21,22)14-6-4-5-13(11-14)12-23-17(26)28-18(27)9-10-24(16(18)25)15-7-2-1-3-8-15/h1-8,11,27H,9-10,12H2,(H,23,26)/t18-/m0/s1. The van der Waals surface area contributed by atoms with Gasteiger partial charge in [-0.3, -0.25) is 4.79 Å². The first kappa shape index (κ1) is 19.7. The molecule has 2 N–H and O–H groups in total. The summed E-state index contributed by atoms with van der Waals surface area (Å²) in [6.45, 7) is -0.102. The molecule has 0 saturated carbocycles. The second-order valence-electron chi connectivity index (χ2n) is 6.27. The largest absolute Gasteiger partial charge is 0.416 e. The first-order valence-corrected chi connectivity index (χ1v) is 8.41. The highest BCUT2D eigenvalue weighted by Crippen LogP contribution is 2.30. The third kappa shape index (κ3) is 4.25. The van der Waals surface area contributed by atoms with E-state index in [1.807, 2.05) is 0 Å². The third-order valence-electron chi connectivity index (χ3n) is 4.27. The highest BCUT2D eigenvalue weighted by Gasteiger charge is 2.49. The van der Waals surface area contributed by atoms with Crippen LogP contribution in [0.3, 0.4) is 0 Å². The Morgan fingerprint density at radius 3 is 2.57 bits per heavy atom. The van der Waals surface area contributed by atoms with Gasteiger partial charge in [0.1, 0.15) is 0 Å². The van der Waals surface area contributed by atoms with Gasteiger partial charge < -0.3 is 20.1 Å².